The van der Waals surface area contributed by atoms with Crippen molar-refractivity contribution < 1.29 is 0 Å². The molecule has 0 spiro atoms. The van der Waals surface area contributed by atoms with Crippen LogP contribution >= 0.6 is 0 Å². The van der Waals surface area contributed by atoms with Crippen LogP contribution < -0.4 is 11.1 Å². The Bertz CT molecular complexity index is 637. The summed E-state index contributed by atoms with van der Waals surface area (Å²) in [6.07, 6.45) is 3.62. The van der Waals surface area contributed by atoms with Gasteiger partial charge in [-0.1, -0.05) is 12.1 Å². The van der Waals surface area contributed by atoms with Crippen LogP contribution in [0.25, 0.3) is 10.9 Å². The van der Waals surface area contributed by atoms with Crippen LogP contribution in [0.5, 0.6) is 0 Å². The van der Waals surface area contributed by atoms with Gasteiger partial charge in [-0.2, -0.15) is 0 Å². The molecule has 1 atom stereocenters. The number of aromatic nitrogens is 1. The Hall–Kier alpha value is -1.81. The number of nitrogens with two attached hydrogens (primary N) is 1. The monoisotopic (exact) mass is 270 g/mol. The fourth-order valence-electron chi connectivity index (χ4n) is 2.98. The summed E-state index contributed by atoms with van der Waals surface area (Å²) < 4.78 is 2.35. The topological polar surface area (TPSA) is 66.8 Å². The number of nitrogens with one attached hydrogen (secondary N) is 2. The molecule has 2 heterocycles. The molecular weight excluding hydrogens is 248 g/mol. The van der Waals surface area contributed by atoms with Gasteiger partial charge < -0.3 is 15.6 Å². The van der Waals surface area contributed by atoms with Gasteiger partial charge in [-0.15, -0.1) is 0 Å². The molecule has 0 radical (unpaired) electrons. The van der Waals surface area contributed by atoms with Gasteiger partial charge in [0.15, 0.2) is 0 Å². The number of nitrogen functional groups attached to an aromatic ring is 1. The number of amidine groups is 1. The van der Waals surface area contributed by atoms with Crippen LogP contribution in [0.3, 0.4) is 0 Å². The minimum absolute atomic E-state index is 0.135. The standard InChI is InChI=1S/C16H22N4/c1-2-20-14(6-5-13-7-8-19-13)9-11-3-4-12(16(17)18)10-15(11)20/h3-4,9-10,13,19H,2,5-8H2,1H3,(H3,17,18)/t13-/m0/s1. The Morgan fingerprint density at radius 3 is 2.85 bits per heavy atom. The van der Waals surface area contributed by atoms with Crippen molar-refractivity contribution in [2.45, 2.75) is 38.8 Å². The van der Waals surface area contributed by atoms with Crippen LogP contribution in [0.15, 0.2) is 24.3 Å². The van der Waals surface area contributed by atoms with Crippen LogP contribution in [-0.4, -0.2) is 23.0 Å². The maximum atomic E-state index is 7.58. The lowest BCUT2D eigenvalue weighted by molar-refractivity contribution is 0.349. The van der Waals surface area contributed by atoms with Crippen LogP contribution in [-0.2, 0) is 13.0 Å². The largest absolute Gasteiger partial charge is 0.384 e. The van der Waals surface area contributed by atoms with Gasteiger partial charge in [0.1, 0.15) is 5.84 Å². The van der Waals surface area contributed by atoms with Crippen LogP contribution in [0.2, 0.25) is 0 Å². The smallest absolute Gasteiger partial charge is 0.122 e. The molecule has 0 bridgehead atoms. The second-order valence-electron chi connectivity index (χ2n) is 5.55. The maximum absolute atomic E-state index is 7.58. The second kappa shape index (κ2) is 5.29. The fraction of sp³-hybridized carbons (Fsp3) is 0.438. The highest BCUT2D eigenvalue weighted by Gasteiger charge is 2.17. The highest BCUT2D eigenvalue weighted by Crippen LogP contribution is 2.23. The normalized spacial score (nSPS) is 18.1. The minimum Gasteiger partial charge on any atom is -0.384 e. The molecule has 1 saturated heterocycles. The molecule has 4 N–H and O–H groups in total. The molecule has 4 nitrogen and oxygen atoms in total. The lowest BCUT2D eigenvalue weighted by atomic mass is 10.0. The molecule has 1 aromatic carbocycles. The SMILES string of the molecule is CCn1c(CC[C@H]2CCN2)cc2ccc(C(=N)N)cc21. The first kappa shape index (κ1) is 13.2. The Morgan fingerprint density at radius 1 is 1.45 bits per heavy atom. The number of fused-ring (bicyclic) bond motifs is 1. The van der Waals surface area contributed by atoms with E-state index in [1.807, 2.05) is 12.1 Å². The molecule has 4 heteroatoms. The molecule has 20 heavy (non-hydrogen) atoms. The van der Waals surface area contributed by atoms with Crippen molar-refractivity contribution in [2.24, 2.45) is 5.73 Å². The zero-order valence-corrected chi connectivity index (χ0v) is 11.9. The average molecular weight is 270 g/mol. The van der Waals surface area contributed by atoms with Crippen molar-refractivity contribution in [1.82, 2.24) is 9.88 Å². The van der Waals surface area contributed by atoms with Crippen LogP contribution in [0.4, 0.5) is 0 Å². The summed E-state index contributed by atoms with van der Waals surface area (Å²) >= 11 is 0. The molecule has 1 aromatic heterocycles. The predicted molar refractivity (Wildman–Crippen MR) is 83.4 cm³/mol. The van der Waals surface area contributed by atoms with E-state index in [0.29, 0.717) is 6.04 Å². The van der Waals surface area contributed by atoms with Crippen molar-refractivity contribution in [2.75, 3.05) is 6.54 Å². The third-order valence-electron chi connectivity index (χ3n) is 4.29. The van der Waals surface area contributed by atoms with E-state index in [-0.39, 0.29) is 5.84 Å². The molecule has 0 unspecified atom stereocenters. The summed E-state index contributed by atoms with van der Waals surface area (Å²) in [5.41, 5.74) is 8.97. The number of aryl methyl sites for hydroxylation is 2. The first-order chi connectivity index (χ1) is 9.69. The fourth-order valence-corrected chi connectivity index (χ4v) is 2.98. The summed E-state index contributed by atoms with van der Waals surface area (Å²) in [6.45, 7) is 4.30. The van der Waals surface area contributed by atoms with Gasteiger partial charge in [0.05, 0.1) is 0 Å². The van der Waals surface area contributed by atoms with Crippen molar-refractivity contribution in [3.63, 3.8) is 0 Å². The van der Waals surface area contributed by atoms with Gasteiger partial charge in [0.25, 0.3) is 0 Å². The number of hydrogen-bond donors (Lipinski definition) is 3. The molecule has 3 rings (SSSR count). The first-order valence-electron chi connectivity index (χ1n) is 7.39. The molecule has 1 aliphatic heterocycles. The first-order valence-corrected chi connectivity index (χ1v) is 7.39. The summed E-state index contributed by atoms with van der Waals surface area (Å²) in [6, 6.07) is 9.02. The van der Waals surface area contributed by atoms with Gasteiger partial charge in [-0.25, -0.2) is 0 Å². The summed E-state index contributed by atoms with van der Waals surface area (Å²) in [5.74, 6) is 0.135. The second-order valence-corrected chi connectivity index (χ2v) is 5.55. The average Bonchev–Trinajstić information content (AvgIpc) is 2.73. The third kappa shape index (κ3) is 2.31. The molecule has 1 fully saturated rings. The van der Waals surface area contributed by atoms with Gasteiger partial charge in [0.2, 0.25) is 0 Å². The Balaban J connectivity index is 1.92. The predicted octanol–water partition coefficient (Wildman–Crippen LogP) is 2.24. The lowest BCUT2D eigenvalue weighted by Crippen LogP contribution is -2.43. The van der Waals surface area contributed by atoms with E-state index in [1.165, 1.54) is 36.0 Å². The molecule has 0 aliphatic carbocycles. The van der Waals surface area contributed by atoms with E-state index in [9.17, 15) is 0 Å². The highest BCUT2D eigenvalue weighted by molar-refractivity contribution is 5.98. The molecule has 2 aromatic rings. The molecule has 1 aliphatic rings. The maximum Gasteiger partial charge on any atom is 0.122 e. The third-order valence-corrected chi connectivity index (χ3v) is 4.29. The van der Waals surface area contributed by atoms with Crippen molar-refractivity contribution in [3.05, 3.63) is 35.5 Å². The Kier molecular flexibility index (Phi) is 3.49. The van der Waals surface area contributed by atoms with E-state index in [1.54, 1.807) is 0 Å². The zero-order valence-electron chi connectivity index (χ0n) is 11.9. The van der Waals surface area contributed by atoms with Crippen LogP contribution in [0, 0.1) is 5.41 Å². The van der Waals surface area contributed by atoms with E-state index >= 15 is 0 Å². The van der Waals surface area contributed by atoms with Crippen molar-refractivity contribution in [3.8, 4) is 0 Å². The van der Waals surface area contributed by atoms with Crippen molar-refractivity contribution in [1.29, 1.82) is 5.41 Å². The molecule has 0 amide bonds. The molecule has 106 valence electrons. The molecular formula is C16H22N4. The summed E-state index contributed by atoms with van der Waals surface area (Å²) in [7, 11) is 0. The van der Waals surface area contributed by atoms with E-state index in [2.05, 4.69) is 28.9 Å². The Labute approximate surface area is 119 Å². The molecule has 0 saturated carbocycles. The van der Waals surface area contributed by atoms with E-state index in [4.69, 9.17) is 11.1 Å². The van der Waals surface area contributed by atoms with Crippen LogP contribution in [0.1, 0.15) is 31.0 Å². The van der Waals surface area contributed by atoms with Gasteiger partial charge in [-0.3, -0.25) is 5.41 Å². The summed E-state index contributed by atoms with van der Waals surface area (Å²) in [5, 5.41) is 12.3. The number of benzene rings is 1. The lowest BCUT2D eigenvalue weighted by Gasteiger charge is -2.27. The number of hydrogen-bond acceptors (Lipinski definition) is 2. The zero-order chi connectivity index (χ0) is 14.1. The summed E-state index contributed by atoms with van der Waals surface area (Å²) in [4.78, 5) is 0. The van der Waals surface area contributed by atoms with Gasteiger partial charge in [0, 0.05) is 29.4 Å². The van der Waals surface area contributed by atoms with Crippen molar-refractivity contribution >= 4 is 16.7 Å². The highest BCUT2D eigenvalue weighted by atomic mass is 15.0. The Morgan fingerprint density at radius 2 is 2.25 bits per heavy atom. The number of nitrogens with zero attached hydrogens (tertiary/aromatic N) is 1. The number of rotatable bonds is 5. The van der Waals surface area contributed by atoms with Gasteiger partial charge >= 0.3 is 0 Å². The van der Waals surface area contributed by atoms with E-state index in [0.717, 1.165) is 18.5 Å². The van der Waals surface area contributed by atoms with E-state index < -0.39 is 0 Å². The quantitative estimate of drug-likeness (QED) is 0.576. The minimum atomic E-state index is 0.135. The van der Waals surface area contributed by atoms with Gasteiger partial charge in [-0.05, 0) is 50.2 Å².